The number of para-hydroxylation sites is 1. The summed E-state index contributed by atoms with van der Waals surface area (Å²) in [6.07, 6.45) is 3.17. The fraction of sp³-hybridized carbons (Fsp3) is 0.0833. The van der Waals surface area contributed by atoms with Gasteiger partial charge in [-0.2, -0.15) is 0 Å². The number of rotatable bonds is 7. The highest BCUT2D eigenvalue weighted by Gasteiger charge is 2.06. The molecule has 5 heteroatoms. The van der Waals surface area contributed by atoms with E-state index in [-0.39, 0.29) is 17.5 Å². The van der Waals surface area contributed by atoms with Gasteiger partial charge in [-0.25, -0.2) is 4.79 Å². The molecule has 0 aromatic heterocycles. The summed E-state index contributed by atoms with van der Waals surface area (Å²) in [4.78, 5) is 23.8. The zero-order valence-electron chi connectivity index (χ0n) is 15.9. The molecule has 3 aromatic rings. The van der Waals surface area contributed by atoms with Gasteiger partial charge in [0.05, 0.1) is 12.7 Å². The van der Waals surface area contributed by atoms with E-state index in [2.05, 4.69) is 4.74 Å². The van der Waals surface area contributed by atoms with Crippen LogP contribution < -0.4 is 4.74 Å². The van der Waals surface area contributed by atoms with E-state index in [0.717, 1.165) is 11.1 Å². The Hall–Kier alpha value is -3.86. The normalized spacial score (nSPS) is 10.7. The zero-order valence-corrected chi connectivity index (χ0v) is 15.9. The summed E-state index contributed by atoms with van der Waals surface area (Å²) in [7, 11) is 1.34. The third-order valence-electron chi connectivity index (χ3n) is 4.25. The van der Waals surface area contributed by atoms with Crippen molar-refractivity contribution in [2.75, 3.05) is 7.11 Å². The van der Waals surface area contributed by atoms with Gasteiger partial charge in [-0.05, 0) is 60.2 Å². The molecule has 0 aliphatic heterocycles. The fourth-order valence-corrected chi connectivity index (χ4v) is 2.65. The van der Waals surface area contributed by atoms with E-state index in [9.17, 15) is 14.7 Å². The van der Waals surface area contributed by atoms with E-state index in [1.165, 1.54) is 25.3 Å². The molecule has 0 saturated carbocycles. The van der Waals surface area contributed by atoms with Crippen LogP contribution in [-0.4, -0.2) is 24.0 Å². The van der Waals surface area contributed by atoms with Gasteiger partial charge in [-0.15, -0.1) is 0 Å². The van der Waals surface area contributed by atoms with Crippen molar-refractivity contribution in [1.29, 1.82) is 0 Å². The van der Waals surface area contributed by atoms with Crippen LogP contribution in [0.25, 0.3) is 6.08 Å². The van der Waals surface area contributed by atoms with Crippen LogP contribution in [-0.2, 0) is 11.3 Å². The molecule has 146 valence electrons. The van der Waals surface area contributed by atoms with Crippen LogP contribution in [0.2, 0.25) is 0 Å². The molecule has 0 fully saturated rings. The number of esters is 1. The van der Waals surface area contributed by atoms with E-state index < -0.39 is 0 Å². The summed E-state index contributed by atoms with van der Waals surface area (Å²) < 4.78 is 10.6. The zero-order chi connectivity index (χ0) is 20.6. The van der Waals surface area contributed by atoms with Crippen molar-refractivity contribution in [2.45, 2.75) is 6.61 Å². The van der Waals surface area contributed by atoms with Gasteiger partial charge < -0.3 is 14.6 Å². The third kappa shape index (κ3) is 5.32. The van der Waals surface area contributed by atoms with Crippen LogP contribution in [0.4, 0.5) is 0 Å². The summed E-state index contributed by atoms with van der Waals surface area (Å²) in [5, 5.41) is 9.32. The van der Waals surface area contributed by atoms with Gasteiger partial charge in [-0.1, -0.05) is 30.3 Å². The lowest BCUT2D eigenvalue weighted by Crippen LogP contribution is -2.02. The van der Waals surface area contributed by atoms with Crippen molar-refractivity contribution in [3.63, 3.8) is 0 Å². The summed E-state index contributed by atoms with van der Waals surface area (Å²) in [5.74, 6) is 0.202. The van der Waals surface area contributed by atoms with Gasteiger partial charge in [0.15, 0.2) is 5.78 Å². The third-order valence-corrected chi connectivity index (χ3v) is 4.25. The van der Waals surface area contributed by atoms with E-state index in [4.69, 9.17) is 4.74 Å². The highest BCUT2D eigenvalue weighted by Crippen LogP contribution is 2.21. The molecule has 0 atom stereocenters. The standard InChI is InChI=1S/C24H20O5/c1-28-24(27)20-8-6-17(7-9-20)16-29-23-5-3-2-4-19(23)12-15-22(26)18-10-13-21(25)14-11-18/h2-15,25H,16H2,1H3/b15-12+. The number of ether oxygens (including phenoxy) is 2. The molecule has 0 bridgehead atoms. The Balaban J connectivity index is 1.68. The van der Waals surface area contributed by atoms with Crippen molar-refractivity contribution < 1.29 is 24.2 Å². The molecule has 5 nitrogen and oxygen atoms in total. The molecule has 0 aliphatic rings. The Bertz CT molecular complexity index is 1020. The largest absolute Gasteiger partial charge is 0.508 e. The Kier molecular flexibility index (Phi) is 6.43. The van der Waals surface area contributed by atoms with Gasteiger partial charge in [0.1, 0.15) is 18.1 Å². The van der Waals surface area contributed by atoms with Crippen molar-refractivity contribution in [1.82, 2.24) is 0 Å². The number of ketones is 1. The molecule has 29 heavy (non-hydrogen) atoms. The molecule has 0 radical (unpaired) electrons. The van der Waals surface area contributed by atoms with Crippen molar-refractivity contribution >= 4 is 17.8 Å². The first-order valence-corrected chi connectivity index (χ1v) is 8.97. The van der Waals surface area contributed by atoms with Gasteiger partial charge >= 0.3 is 5.97 Å². The molecule has 0 heterocycles. The molecule has 3 aromatic carbocycles. The second-order valence-corrected chi connectivity index (χ2v) is 6.26. The summed E-state index contributed by atoms with van der Waals surface area (Å²) >= 11 is 0. The first-order valence-electron chi connectivity index (χ1n) is 8.97. The SMILES string of the molecule is COC(=O)c1ccc(COc2ccccc2/C=C/C(=O)c2ccc(O)cc2)cc1. The van der Waals surface area contributed by atoms with Crippen LogP contribution in [0.3, 0.4) is 0 Å². The topological polar surface area (TPSA) is 72.8 Å². The maximum atomic E-state index is 12.3. The Labute approximate surface area is 168 Å². The second-order valence-electron chi connectivity index (χ2n) is 6.26. The van der Waals surface area contributed by atoms with Gasteiger partial charge in [0, 0.05) is 11.1 Å². The van der Waals surface area contributed by atoms with E-state index >= 15 is 0 Å². The average Bonchev–Trinajstić information content (AvgIpc) is 2.77. The molecule has 0 aliphatic carbocycles. The number of phenolic OH excluding ortho intramolecular Hbond substituents is 1. The van der Waals surface area contributed by atoms with Crippen molar-refractivity contribution in [2.24, 2.45) is 0 Å². The van der Waals surface area contributed by atoms with Crippen LogP contribution >= 0.6 is 0 Å². The molecular weight excluding hydrogens is 368 g/mol. The number of carbonyl (C=O) groups is 2. The minimum absolute atomic E-state index is 0.115. The quantitative estimate of drug-likeness (QED) is 0.362. The fourth-order valence-electron chi connectivity index (χ4n) is 2.65. The molecule has 1 N–H and O–H groups in total. The number of carbonyl (C=O) groups excluding carboxylic acids is 2. The summed E-state index contributed by atoms with van der Waals surface area (Å²) in [6, 6.07) is 20.5. The lowest BCUT2D eigenvalue weighted by atomic mass is 10.1. The molecular formula is C24H20O5. The van der Waals surface area contributed by atoms with E-state index in [0.29, 0.717) is 23.5 Å². The highest BCUT2D eigenvalue weighted by atomic mass is 16.5. The summed E-state index contributed by atoms with van der Waals surface area (Å²) in [6.45, 7) is 0.318. The average molecular weight is 388 g/mol. The van der Waals surface area contributed by atoms with Gasteiger partial charge in [0.25, 0.3) is 0 Å². The maximum absolute atomic E-state index is 12.3. The minimum Gasteiger partial charge on any atom is -0.508 e. The second kappa shape index (κ2) is 9.37. The number of benzene rings is 3. The van der Waals surface area contributed by atoms with Gasteiger partial charge in [-0.3, -0.25) is 4.79 Å². The first kappa shape index (κ1) is 19.9. The van der Waals surface area contributed by atoms with Crippen molar-refractivity contribution in [3.05, 3.63) is 101 Å². The highest BCUT2D eigenvalue weighted by molar-refractivity contribution is 6.07. The first-order chi connectivity index (χ1) is 14.1. The van der Waals surface area contributed by atoms with Gasteiger partial charge in [0.2, 0.25) is 0 Å². The Morgan fingerprint density at radius 2 is 1.55 bits per heavy atom. The molecule has 0 saturated heterocycles. The number of hydrogen-bond acceptors (Lipinski definition) is 5. The smallest absolute Gasteiger partial charge is 0.337 e. The Morgan fingerprint density at radius 3 is 2.24 bits per heavy atom. The number of aromatic hydroxyl groups is 1. The Morgan fingerprint density at radius 1 is 0.897 bits per heavy atom. The predicted octanol–water partition coefficient (Wildman–Crippen LogP) is 4.65. The van der Waals surface area contributed by atoms with Crippen LogP contribution in [0.1, 0.15) is 31.8 Å². The number of hydrogen-bond donors (Lipinski definition) is 1. The lowest BCUT2D eigenvalue weighted by Gasteiger charge is -2.09. The summed E-state index contributed by atoms with van der Waals surface area (Å²) in [5.41, 5.74) is 2.64. The van der Waals surface area contributed by atoms with Crippen LogP contribution in [0.15, 0.2) is 78.9 Å². The minimum atomic E-state index is -0.383. The number of allylic oxidation sites excluding steroid dienone is 1. The predicted molar refractivity (Wildman–Crippen MR) is 110 cm³/mol. The molecule has 3 rings (SSSR count). The van der Waals surface area contributed by atoms with Crippen molar-refractivity contribution in [3.8, 4) is 11.5 Å². The lowest BCUT2D eigenvalue weighted by molar-refractivity contribution is 0.0600. The monoisotopic (exact) mass is 388 g/mol. The van der Waals surface area contributed by atoms with E-state index in [1.54, 1.807) is 42.5 Å². The molecule has 0 unspecified atom stereocenters. The van der Waals surface area contributed by atoms with Crippen LogP contribution in [0.5, 0.6) is 11.5 Å². The van der Waals surface area contributed by atoms with E-state index in [1.807, 2.05) is 24.3 Å². The molecule has 0 amide bonds. The number of phenols is 1. The van der Waals surface area contributed by atoms with Crippen LogP contribution in [0, 0.1) is 0 Å². The maximum Gasteiger partial charge on any atom is 0.337 e. The molecule has 0 spiro atoms. The number of methoxy groups -OCH3 is 1.